The van der Waals surface area contributed by atoms with Crippen LogP contribution in [0.25, 0.3) is 0 Å². The number of carbonyl (C=O) groups is 2. The van der Waals surface area contributed by atoms with Crippen LogP contribution in [0, 0.1) is 18.3 Å². The van der Waals surface area contributed by atoms with Crippen LogP contribution in [0.2, 0.25) is 0 Å². The number of ether oxygens (including phenoxy) is 1. The van der Waals surface area contributed by atoms with Crippen molar-refractivity contribution in [2.24, 2.45) is 0 Å². The van der Waals surface area contributed by atoms with Gasteiger partial charge in [-0.2, -0.15) is 5.26 Å². The number of aromatic nitrogens is 1. The van der Waals surface area contributed by atoms with Crippen LogP contribution in [-0.4, -0.2) is 46.2 Å². The highest BCUT2D eigenvalue weighted by Gasteiger charge is 2.29. The Bertz CT molecular complexity index is 719. The second-order valence-electron chi connectivity index (χ2n) is 6.52. The van der Waals surface area contributed by atoms with Gasteiger partial charge in [0.25, 0.3) is 0 Å². The molecule has 0 unspecified atom stereocenters. The number of aryl methyl sites for hydroxylation is 1. The molecule has 140 valence electrons. The summed E-state index contributed by atoms with van der Waals surface area (Å²) in [5.41, 5.74) is 1.07. The molecular formula is C19H25N3O3S. The zero-order chi connectivity index (χ0) is 19.3. The molecule has 6 nitrogen and oxygen atoms in total. The highest BCUT2D eigenvalue weighted by molar-refractivity contribution is 8.00. The first-order valence-corrected chi connectivity index (χ1v) is 9.90. The van der Waals surface area contributed by atoms with Gasteiger partial charge in [-0.25, -0.2) is 9.78 Å². The summed E-state index contributed by atoms with van der Waals surface area (Å²) in [4.78, 5) is 30.9. The summed E-state index contributed by atoms with van der Waals surface area (Å²) in [6.07, 6.45) is 3.19. The molecule has 0 aliphatic carbocycles. The van der Waals surface area contributed by atoms with E-state index in [1.54, 1.807) is 13.8 Å². The molecule has 0 N–H and O–H groups in total. The van der Waals surface area contributed by atoms with Gasteiger partial charge in [-0.1, -0.05) is 11.8 Å². The first-order valence-electron chi connectivity index (χ1n) is 8.91. The predicted molar refractivity (Wildman–Crippen MR) is 100.0 cm³/mol. The fourth-order valence-electron chi connectivity index (χ4n) is 3.31. The Morgan fingerprint density at radius 1 is 1.38 bits per heavy atom. The van der Waals surface area contributed by atoms with Gasteiger partial charge in [-0.15, -0.1) is 0 Å². The SMILES string of the molecule is CCOC(=O)c1cc(C#N)c(SCC(=O)N2[C@@H](C)CCC[C@@H]2C)nc1C. The minimum absolute atomic E-state index is 0.0625. The topological polar surface area (TPSA) is 83.3 Å². The number of nitriles is 1. The largest absolute Gasteiger partial charge is 0.462 e. The van der Waals surface area contributed by atoms with Crippen LogP contribution < -0.4 is 0 Å². The molecule has 0 bridgehead atoms. The van der Waals surface area contributed by atoms with Crippen molar-refractivity contribution in [2.75, 3.05) is 12.4 Å². The van der Waals surface area contributed by atoms with Gasteiger partial charge in [-0.3, -0.25) is 4.79 Å². The lowest BCUT2D eigenvalue weighted by Crippen LogP contribution is -2.48. The van der Waals surface area contributed by atoms with Crippen LogP contribution in [0.4, 0.5) is 0 Å². The molecule has 1 aromatic heterocycles. The van der Waals surface area contributed by atoms with Gasteiger partial charge in [0, 0.05) is 12.1 Å². The number of rotatable bonds is 5. The van der Waals surface area contributed by atoms with Crippen LogP contribution in [-0.2, 0) is 9.53 Å². The number of thioether (sulfide) groups is 1. The Labute approximate surface area is 158 Å². The molecule has 0 aromatic carbocycles. The molecule has 1 fully saturated rings. The Balaban J connectivity index is 2.14. The summed E-state index contributed by atoms with van der Waals surface area (Å²) >= 11 is 1.25. The maximum absolute atomic E-state index is 12.7. The molecule has 0 spiro atoms. The third-order valence-corrected chi connectivity index (χ3v) is 5.58. The Kier molecular flexibility index (Phi) is 7.04. The van der Waals surface area contributed by atoms with Crippen molar-refractivity contribution < 1.29 is 14.3 Å². The lowest BCUT2D eigenvalue weighted by molar-refractivity contribution is -0.134. The van der Waals surface area contributed by atoms with Crippen LogP contribution >= 0.6 is 11.8 Å². The Hall–Kier alpha value is -2.07. The predicted octanol–water partition coefficient (Wildman–Crippen LogP) is 3.32. The standard InChI is InChI=1S/C19H25N3O3S/c1-5-25-19(24)16-9-15(10-20)18(21-14(16)4)26-11-17(23)22-12(2)7-6-8-13(22)3/h9,12-13H,5-8,11H2,1-4H3/t12-,13-/m0/s1. The van der Waals surface area contributed by atoms with Crippen molar-refractivity contribution in [3.63, 3.8) is 0 Å². The summed E-state index contributed by atoms with van der Waals surface area (Å²) in [6, 6.07) is 4.04. The number of amides is 1. The molecule has 1 saturated heterocycles. The minimum Gasteiger partial charge on any atom is -0.462 e. The van der Waals surface area contributed by atoms with E-state index in [4.69, 9.17) is 4.74 Å². The number of hydrogen-bond acceptors (Lipinski definition) is 6. The van der Waals surface area contributed by atoms with E-state index in [2.05, 4.69) is 24.9 Å². The first-order chi connectivity index (χ1) is 12.4. The molecule has 7 heteroatoms. The third kappa shape index (κ3) is 4.55. The molecule has 1 aliphatic heterocycles. The number of hydrogen-bond donors (Lipinski definition) is 0. The van der Waals surface area contributed by atoms with Gasteiger partial charge in [0.1, 0.15) is 11.1 Å². The average molecular weight is 375 g/mol. The summed E-state index contributed by atoms with van der Waals surface area (Å²) in [5, 5.41) is 9.87. The normalized spacial score (nSPS) is 19.7. The molecule has 2 rings (SSSR count). The second kappa shape index (κ2) is 9.04. The summed E-state index contributed by atoms with van der Waals surface area (Å²) in [6.45, 7) is 7.85. The van der Waals surface area contributed by atoms with E-state index in [1.165, 1.54) is 17.8 Å². The number of esters is 1. The van der Waals surface area contributed by atoms with Gasteiger partial charge in [0.05, 0.1) is 29.2 Å². The second-order valence-corrected chi connectivity index (χ2v) is 7.49. The molecule has 2 heterocycles. The molecule has 0 saturated carbocycles. The summed E-state index contributed by atoms with van der Waals surface area (Å²) in [7, 11) is 0. The van der Waals surface area contributed by atoms with Gasteiger partial charge >= 0.3 is 5.97 Å². The molecular weight excluding hydrogens is 350 g/mol. The van der Waals surface area contributed by atoms with Crippen molar-refractivity contribution in [2.45, 2.75) is 64.1 Å². The molecule has 1 amide bonds. The van der Waals surface area contributed by atoms with Crippen LogP contribution in [0.15, 0.2) is 11.1 Å². The van der Waals surface area contributed by atoms with Gasteiger partial charge < -0.3 is 9.64 Å². The van der Waals surface area contributed by atoms with E-state index >= 15 is 0 Å². The number of nitrogens with zero attached hydrogens (tertiary/aromatic N) is 3. The van der Waals surface area contributed by atoms with E-state index in [-0.39, 0.29) is 41.5 Å². The lowest BCUT2D eigenvalue weighted by atomic mass is 9.98. The monoisotopic (exact) mass is 375 g/mol. The van der Waals surface area contributed by atoms with Gasteiger partial charge in [0.2, 0.25) is 5.91 Å². The highest BCUT2D eigenvalue weighted by atomic mass is 32.2. The van der Waals surface area contributed by atoms with E-state index in [0.717, 1.165) is 19.3 Å². The average Bonchev–Trinajstić information content (AvgIpc) is 2.60. The maximum Gasteiger partial charge on any atom is 0.340 e. The maximum atomic E-state index is 12.7. The van der Waals surface area contributed by atoms with Crippen molar-refractivity contribution in [3.05, 3.63) is 22.9 Å². The Morgan fingerprint density at radius 3 is 2.62 bits per heavy atom. The first kappa shape index (κ1) is 20.2. The molecule has 26 heavy (non-hydrogen) atoms. The van der Waals surface area contributed by atoms with Crippen LogP contribution in [0.1, 0.15) is 61.6 Å². The van der Waals surface area contributed by atoms with Crippen molar-refractivity contribution in [1.29, 1.82) is 5.26 Å². The smallest absolute Gasteiger partial charge is 0.340 e. The van der Waals surface area contributed by atoms with E-state index in [1.807, 2.05) is 4.90 Å². The number of likely N-dealkylation sites (tertiary alicyclic amines) is 1. The molecule has 1 aromatic rings. The van der Waals surface area contributed by atoms with Crippen LogP contribution in [0.5, 0.6) is 0 Å². The van der Waals surface area contributed by atoms with Crippen molar-refractivity contribution in [1.82, 2.24) is 9.88 Å². The fourth-order valence-corrected chi connectivity index (χ4v) is 4.18. The summed E-state index contributed by atoms with van der Waals surface area (Å²) < 4.78 is 4.99. The lowest BCUT2D eigenvalue weighted by Gasteiger charge is -2.39. The fraction of sp³-hybridized carbons (Fsp3) is 0.579. The van der Waals surface area contributed by atoms with Crippen molar-refractivity contribution in [3.8, 4) is 6.07 Å². The third-order valence-electron chi connectivity index (χ3n) is 4.61. The minimum atomic E-state index is -0.488. The van der Waals surface area contributed by atoms with E-state index in [0.29, 0.717) is 10.7 Å². The molecule has 0 radical (unpaired) electrons. The van der Waals surface area contributed by atoms with Gasteiger partial charge in [0.15, 0.2) is 0 Å². The van der Waals surface area contributed by atoms with Crippen molar-refractivity contribution >= 4 is 23.6 Å². The Morgan fingerprint density at radius 2 is 2.04 bits per heavy atom. The van der Waals surface area contributed by atoms with Gasteiger partial charge in [-0.05, 0) is 53.0 Å². The molecule has 1 aliphatic rings. The summed E-state index contributed by atoms with van der Waals surface area (Å²) in [5.74, 6) is -0.195. The zero-order valence-corrected chi connectivity index (χ0v) is 16.6. The van der Waals surface area contributed by atoms with E-state index < -0.39 is 5.97 Å². The quantitative estimate of drug-likeness (QED) is 0.580. The number of pyridine rings is 1. The molecule has 2 atom stereocenters. The zero-order valence-electron chi connectivity index (χ0n) is 15.7. The van der Waals surface area contributed by atoms with E-state index in [9.17, 15) is 14.9 Å². The van der Waals surface area contributed by atoms with Crippen LogP contribution in [0.3, 0.4) is 0 Å². The number of piperidine rings is 1. The number of carbonyl (C=O) groups excluding carboxylic acids is 2. The highest BCUT2D eigenvalue weighted by Crippen LogP contribution is 2.27.